The minimum absolute atomic E-state index is 0.291. The minimum atomic E-state index is 0.291. The molecule has 0 bridgehead atoms. The van der Waals surface area contributed by atoms with Gasteiger partial charge in [0.25, 0.3) is 0 Å². The number of rotatable bonds is 6. The Bertz CT molecular complexity index is 410. The number of nitrogens with zero attached hydrogens (tertiary/aromatic N) is 2. The smallest absolute Gasteiger partial charge is 0.0847 e. The zero-order valence-corrected chi connectivity index (χ0v) is 14.5. The van der Waals surface area contributed by atoms with E-state index < -0.39 is 0 Å². The predicted molar refractivity (Wildman–Crippen MR) is 86.4 cm³/mol. The first kappa shape index (κ1) is 16.9. The molecular weight excluding hydrogens is 278 g/mol. The van der Waals surface area contributed by atoms with Crippen molar-refractivity contribution in [3.63, 3.8) is 0 Å². The van der Waals surface area contributed by atoms with E-state index in [9.17, 15) is 0 Å². The lowest BCUT2D eigenvalue weighted by atomic mass is 10.1. The fourth-order valence-electron chi connectivity index (χ4n) is 1.89. The van der Waals surface area contributed by atoms with E-state index in [0.717, 1.165) is 35.1 Å². The second kappa shape index (κ2) is 7.00. The molecule has 19 heavy (non-hydrogen) atoms. The first-order chi connectivity index (χ1) is 8.78. The van der Waals surface area contributed by atoms with E-state index in [-0.39, 0.29) is 0 Å². The Labute approximate surface area is 126 Å². The lowest BCUT2D eigenvalue weighted by molar-refractivity contribution is 0.555. The van der Waals surface area contributed by atoms with E-state index in [0.29, 0.717) is 10.8 Å². The van der Waals surface area contributed by atoms with Crippen molar-refractivity contribution in [2.75, 3.05) is 12.8 Å². The van der Waals surface area contributed by atoms with Crippen molar-refractivity contribution in [3.8, 4) is 0 Å². The van der Waals surface area contributed by atoms with Crippen molar-refractivity contribution in [1.29, 1.82) is 0 Å². The van der Waals surface area contributed by atoms with E-state index in [4.69, 9.17) is 11.6 Å². The number of nitrogens with one attached hydrogen (secondary N) is 1. The van der Waals surface area contributed by atoms with Gasteiger partial charge in [0.15, 0.2) is 0 Å². The van der Waals surface area contributed by atoms with Gasteiger partial charge in [-0.05, 0) is 20.9 Å². The molecule has 1 heterocycles. The Hall–Kier alpha value is -0.190. The Morgan fingerprint density at radius 3 is 2.53 bits per heavy atom. The molecule has 0 saturated heterocycles. The first-order valence-corrected chi connectivity index (χ1v) is 8.17. The number of aromatic nitrogens is 2. The van der Waals surface area contributed by atoms with Crippen LogP contribution in [0.5, 0.6) is 0 Å². The fraction of sp³-hybridized carbons (Fsp3) is 0.786. The molecule has 0 saturated carbocycles. The molecule has 0 amide bonds. The predicted octanol–water partition coefficient (Wildman–Crippen LogP) is 3.53. The zero-order valence-electron chi connectivity index (χ0n) is 12.9. The first-order valence-electron chi connectivity index (χ1n) is 6.81. The average molecular weight is 304 g/mol. The molecule has 1 N–H and O–H groups in total. The lowest BCUT2D eigenvalue weighted by Crippen LogP contribution is -2.32. The van der Waals surface area contributed by atoms with Gasteiger partial charge in [-0.2, -0.15) is 16.9 Å². The van der Waals surface area contributed by atoms with Crippen LogP contribution >= 0.6 is 23.4 Å². The molecule has 0 fully saturated rings. The molecule has 5 heteroatoms. The summed E-state index contributed by atoms with van der Waals surface area (Å²) in [4.78, 5) is 0. The quantitative estimate of drug-likeness (QED) is 0.872. The lowest BCUT2D eigenvalue weighted by Gasteiger charge is -2.23. The van der Waals surface area contributed by atoms with E-state index in [1.807, 2.05) is 30.4 Å². The van der Waals surface area contributed by atoms with E-state index in [2.05, 4.69) is 38.1 Å². The van der Waals surface area contributed by atoms with Crippen LogP contribution in [-0.4, -0.2) is 33.4 Å². The normalized spacial score (nSPS) is 13.8. The third-order valence-corrected chi connectivity index (χ3v) is 4.95. The molecule has 1 aromatic heterocycles. The average Bonchev–Trinajstić information content (AvgIpc) is 2.60. The van der Waals surface area contributed by atoms with E-state index in [1.54, 1.807) is 0 Å². The van der Waals surface area contributed by atoms with Crippen molar-refractivity contribution in [3.05, 3.63) is 16.4 Å². The van der Waals surface area contributed by atoms with Crippen LogP contribution in [0.1, 0.15) is 39.1 Å². The number of halogens is 1. The van der Waals surface area contributed by atoms with E-state index >= 15 is 0 Å². The number of thioether (sulfide) groups is 1. The van der Waals surface area contributed by atoms with Gasteiger partial charge in [0, 0.05) is 29.5 Å². The van der Waals surface area contributed by atoms with Crippen LogP contribution in [0.2, 0.25) is 5.02 Å². The summed E-state index contributed by atoms with van der Waals surface area (Å²) in [5, 5.41) is 8.69. The summed E-state index contributed by atoms with van der Waals surface area (Å²) in [6.07, 6.45) is 0.924. The molecule has 1 unspecified atom stereocenters. The SMILES string of the molecule is CCn1nc(C)c(Cl)c1CC(CSC(C)(C)C)NC. The standard InChI is InChI=1S/C14H26ClN3S/c1-7-18-12(13(15)10(2)17-18)8-11(16-6)9-19-14(3,4)5/h11,16H,7-9H2,1-6H3. The number of aryl methyl sites for hydroxylation is 2. The number of likely N-dealkylation sites (N-methyl/N-ethyl adjacent to an activating group) is 1. The molecule has 0 aromatic carbocycles. The molecular formula is C14H26ClN3S. The van der Waals surface area contributed by atoms with Crippen molar-refractivity contribution in [1.82, 2.24) is 15.1 Å². The topological polar surface area (TPSA) is 29.9 Å². The number of hydrogen-bond donors (Lipinski definition) is 1. The summed E-state index contributed by atoms with van der Waals surface area (Å²) in [5.74, 6) is 1.07. The van der Waals surface area contributed by atoms with Crippen LogP contribution in [0.4, 0.5) is 0 Å². The molecule has 0 aliphatic rings. The summed E-state index contributed by atoms with van der Waals surface area (Å²) < 4.78 is 2.31. The van der Waals surface area contributed by atoms with Gasteiger partial charge in [0.1, 0.15) is 0 Å². The van der Waals surface area contributed by atoms with Crippen LogP contribution < -0.4 is 5.32 Å². The summed E-state index contributed by atoms with van der Waals surface area (Å²) in [6.45, 7) is 11.7. The molecule has 0 spiro atoms. The minimum Gasteiger partial charge on any atom is -0.316 e. The van der Waals surface area contributed by atoms with Gasteiger partial charge in [-0.1, -0.05) is 32.4 Å². The maximum atomic E-state index is 6.37. The van der Waals surface area contributed by atoms with Crippen molar-refractivity contribution in [2.45, 2.75) is 58.4 Å². The summed E-state index contributed by atoms with van der Waals surface area (Å²) in [6, 6.07) is 0.420. The summed E-state index contributed by atoms with van der Waals surface area (Å²) >= 11 is 8.34. The number of hydrogen-bond acceptors (Lipinski definition) is 3. The van der Waals surface area contributed by atoms with Crippen LogP contribution in [0.3, 0.4) is 0 Å². The third-order valence-electron chi connectivity index (χ3n) is 3.02. The second-order valence-electron chi connectivity index (χ2n) is 5.77. The van der Waals surface area contributed by atoms with Crippen LogP contribution in [0, 0.1) is 6.92 Å². The largest absolute Gasteiger partial charge is 0.316 e. The van der Waals surface area contributed by atoms with Gasteiger partial charge in [0.05, 0.1) is 16.4 Å². The maximum absolute atomic E-state index is 6.37. The van der Waals surface area contributed by atoms with Gasteiger partial charge in [-0.3, -0.25) is 4.68 Å². The molecule has 1 aromatic rings. The Balaban J connectivity index is 2.75. The molecule has 0 aliphatic heterocycles. The van der Waals surface area contributed by atoms with Crippen molar-refractivity contribution in [2.24, 2.45) is 0 Å². The molecule has 1 rings (SSSR count). The van der Waals surface area contributed by atoms with E-state index in [1.165, 1.54) is 0 Å². The monoisotopic (exact) mass is 303 g/mol. The van der Waals surface area contributed by atoms with Crippen LogP contribution in [-0.2, 0) is 13.0 Å². The van der Waals surface area contributed by atoms with Gasteiger partial charge >= 0.3 is 0 Å². The van der Waals surface area contributed by atoms with Gasteiger partial charge in [-0.15, -0.1) is 0 Å². The fourth-order valence-corrected chi connectivity index (χ4v) is 3.09. The van der Waals surface area contributed by atoms with Crippen LogP contribution in [0.15, 0.2) is 0 Å². The Morgan fingerprint density at radius 2 is 2.05 bits per heavy atom. The van der Waals surface area contributed by atoms with Gasteiger partial charge in [-0.25, -0.2) is 0 Å². The second-order valence-corrected chi connectivity index (χ2v) is 8.00. The highest BCUT2D eigenvalue weighted by Gasteiger charge is 2.19. The van der Waals surface area contributed by atoms with Crippen molar-refractivity contribution >= 4 is 23.4 Å². The zero-order chi connectivity index (χ0) is 14.6. The molecule has 3 nitrogen and oxygen atoms in total. The van der Waals surface area contributed by atoms with Crippen LogP contribution in [0.25, 0.3) is 0 Å². The van der Waals surface area contributed by atoms with Gasteiger partial charge in [0.2, 0.25) is 0 Å². The molecule has 0 radical (unpaired) electrons. The molecule has 110 valence electrons. The highest BCUT2D eigenvalue weighted by atomic mass is 35.5. The molecule has 0 aliphatic carbocycles. The Morgan fingerprint density at radius 1 is 1.42 bits per heavy atom. The highest BCUT2D eigenvalue weighted by molar-refractivity contribution is 8.00. The highest BCUT2D eigenvalue weighted by Crippen LogP contribution is 2.26. The summed E-state index contributed by atoms with van der Waals surface area (Å²) in [5.41, 5.74) is 2.08. The van der Waals surface area contributed by atoms with Gasteiger partial charge < -0.3 is 5.32 Å². The third kappa shape index (κ3) is 5.01. The molecule has 1 atom stereocenters. The Kier molecular flexibility index (Phi) is 6.21. The van der Waals surface area contributed by atoms with Crippen molar-refractivity contribution < 1.29 is 0 Å². The summed E-state index contributed by atoms with van der Waals surface area (Å²) in [7, 11) is 2.02. The maximum Gasteiger partial charge on any atom is 0.0847 e.